The number of benzene rings is 1. The van der Waals surface area contributed by atoms with Crippen LogP contribution < -0.4 is 0 Å². The van der Waals surface area contributed by atoms with Crippen molar-refractivity contribution in [1.82, 2.24) is 4.90 Å². The third-order valence-corrected chi connectivity index (χ3v) is 4.19. The monoisotopic (exact) mass is 244 g/mol. The van der Waals surface area contributed by atoms with E-state index >= 15 is 0 Å². The second-order valence-corrected chi connectivity index (χ2v) is 5.16. The second kappa shape index (κ2) is 4.21. The highest BCUT2D eigenvalue weighted by Crippen LogP contribution is 2.37. The van der Waals surface area contributed by atoms with Gasteiger partial charge in [0.15, 0.2) is 0 Å². The lowest BCUT2D eigenvalue weighted by atomic mass is 9.95. The van der Waals surface area contributed by atoms with Gasteiger partial charge in [0.05, 0.1) is 4.92 Å². The first kappa shape index (κ1) is 11.4. The molecule has 0 radical (unpaired) electrons. The van der Waals surface area contributed by atoms with Crippen molar-refractivity contribution in [2.45, 2.75) is 31.3 Å². The highest BCUT2D eigenvalue weighted by atomic mass is 16.6. The molecular formula is C14H16N2O2. The van der Waals surface area contributed by atoms with E-state index in [-0.39, 0.29) is 10.6 Å². The number of likely N-dealkylation sites (N-methyl/N-ethyl adjacent to an activating group) is 1. The van der Waals surface area contributed by atoms with E-state index in [1.165, 1.54) is 18.4 Å². The van der Waals surface area contributed by atoms with Crippen LogP contribution in [0.3, 0.4) is 0 Å². The summed E-state index contributed by atoms with van der Waals surface area (Å²) in [5, 5.41) is 10.6. The van der Waals surface area contributed by atoms with Crippen LogP contribution in [-0.2, 0) is 0 Å². The molecule has 1 aromatic carbocycles. The van der Waals surface area contributed by atoms with Crippen molar-refractivity contribution in [2.24, 2.45) is 0 Å². The number of hydrogen-bond donors (Lipinski definition) is 0. The van der Waals surface area contributed by atoms with Crippen LogP contribution in [0, 0.1) is 10.1 Å². The molecule has 0 amide bonds. The fourth-order valence-corrected chi connectivity index (χ4v) is 3.05. The zero-order chi connectivity index (χ0) is 12.7. The molecule has 4 nitrogen and oxygen atoms in total. The number of nitro groups is 1. The van der Waals surface area contributed by atoms with Crippen molar-refractivity contribution in [3.8, 4) is 0 Å². The SMILES string of the molecule is CN1C2C=C(c3ccc([N+](=O)[O-])cc3)CC1CC2. The van der Waals surface area contributed by atoms with Crippen molar-refractivity contribution in [2.75, 3.05) is 7.05 Å². The Morgan fingerprint density at radius 3 is 2.61 bits per heavy atom. The molecule has 1 fully saturated rings. The summed E-state index contributed by atoms with van der Waals surface area (Å²) in [4.78, 5) is 12.7. The second-order valence-electron chi connectivity index (χ2n) is 5.16. The normalized spacial score (nSPS) is 27.1. The summed E-state index contributed by atoms with van der Waals surface area (Å²) in [5.41, 5.74) is 2.64. The Balaban J connectivity index is 1.88. The molecule has 94 valence electrons. The van der Waals surface area contributed by atoms with Gasteiger partial charge in [0.25, 0.3) is 5.69 Å². The lowest BCUT2D eigenvalue weighted by molar-refractivity contribution is -0.384. The zero-order valence-corrected chi connectivity index (χ0v) is 10.4. The van der Waals surface area contributed by atoms with E-state index in [0.29, 0.717) is 12.1 Å². The summed E-state index contributed by atoms with van der Waals surface area (Å²) in [6.07, 6.45) is 5.88. The molecule has 1 saturated heterocycles. The van der Waals surface area contributed by atoms with E-state index in [9.17, 15) is 10.1 Å². The number of nitro benzene ring substituents is 1. The molecular weight excluding hydrogens is 228 g/mol. The molecule has 0 spiro atoms. The minimum Gasteiger partial charge on any atom is -0.297 e. The van der Waals surface area contributed by atoms with Gasteiger partial charge < -0.3 is 0 Å². The molecule has 0 aliphatic carbocycles. The quantitative estimate of drug-likeness (QED) is 0.593. The molecule has 3 rings (SSSR count). The van der Waals surface area contributed by atoms with Crippen LogP contribution in [0.4, 0.5) is 5.69 Å². The molecule has 2 aliphatic heterocycles. The van der Waals surface area contributed by atoms with Gasteiger partial charge in [0.2, 0.25) is 0 Å². The van der Waals surface area contributed by atoms with Crippen molar-refractivity contribution in [3.05, 3.63) is 46.0 Å². The summed E-state index contributed by atoms with van der Waals surface area (Å²) in [6.45, 7) is 0. The van der Waals surface area contributed by atoms with Crippen LogP contribution in [-0.4, -0.2) is 29.0 Å². The Bertz CT molecular complexity index is 507. The predicted molar refractivity (Wildman–Crippen MR) is 70.3 cm³/mol. The maximum atomic E-state index is 10.6. The maximum Gasteiger partial charge on any atom is 0.269 e. The summed E-state index contributed by atoms with van der Waals surface area (Å²) < 4.78 is 0. The minimum absolute atomic E-state index is 0.162. The third kappa shape index (κ3) is 1.82. The van der Waals surface area contributed by atoms with Gasteiger partial charge in [-0.2, -0.15) is 0 Å². The molecule has 18 heavy (non-hydrogen) atoms. The van der Waals surface area contributed by atoms with Crippen LogP contribution in [0.15, 0.2) is 30.3 Å². The van der Waals surface area contributed by atoms with E-state index in [2.05, 4.69) is 18.0 Å². The lowest BCUT2D eigenvalue weighted by Crippen LogP contribution is -2.34. The number of hydrogen-bond acceptors (Lipinski definition) is 3. The first-order valence-corrected chi connectivity index (χ1v) is 6.32. The molecule has 2 heterocycles. The van der Waals surface area contributed by atoms with Gasteiger partial charge in [0, 0.05) is 24.2 Å². The van der Waals surface area contributed by atoms with Gasteiger partial charge in [-0.05, 0) is 49.6 Å². The summed E-state index contributed by atoms with van der Waals surface area (Å²) >= 11 is 0. The number of non-ortho nitro benzene ring substituents is 1. The van der Waals surface area contributed by atoms with Crippen LogP contribution in [0.1, 0.15) is 24.8 Å². The predicted octanol–water partition coefficient (Wildman–Crippen LogP) is 2.84. The van der Waals surface area contributed by atoms with Crippen molar-refractivity contribution >= 4 is 11.3 Å². The third-order valence-electron chi connectivity index (χ3n) is 4.19. The van der Waals surface area contributed by atoms with Gasteiger partial charge in [-0.15, -0.1) is 0 Å². The van der Waals surface area contributed by atoms with Crippen LogP contribution in [0.5, 0.6) is 0 Å². The molecule has 0 aromatic heterocycles. The topological polar surface area (TPSA) is 46.4 Å². The molecule has 4 heteroatoms. The van der Waals surface area contributed by atoms with Gasteiger partial charge >= 0.3 is 0 Å². The Kier molecular flexibility index (Phi) is 2.67. The number of rotatable bonds is 2. The lowest BCUT2D eigenvalue weighted by Gasteiger charge is -2.30. The highest BCUT2D eigenvalue weighted by molar-refractivity contribution is 5.68. The number of nitrogens with zero attached hydrogens (tertiary/aromatic N) is 2. The highest BCUT2D eigenvalue weighted by Gasteiger charge is 2.33. The molecule has 2 bridgehead atoms. The fourth-order valence-electron chi connectivity index (χ4n) is 3.05. The van der Waals surface area contributed by atoms with Gasteiger partial charge in [-0.1, -0.05) is 6.08 Å². The van der Waals surface area contributed by atoms with Gasteiger partial charge in [-0.25, -0.2) is 0 Å². The van der Waals surface area contributed by atoms with E-state index < -0.39 is 0 Å². The maximum absolute atomic E-state index is 10.6. The Morgan fingerprint density at radius 2 is 2.00 bits per heavy atom. The molecule has 2 aliphatic rings. The zero-order valence-electron chi connectivity index (χ0n) is 10.4. The standard InChI is InChI=1S/C14H16N2O2/c1-15-13-6-7-14(15)9-11(8-13)10-2-4-12(5-3-10)16(17)18/h2-5,8,13-14H,6-7,9H2,1H3. The fraction of sp³-hybridized carbons (Fsp3) is 0.429. The molecule has 2 unspecified atom stereocenters. The van der Waals surface area contributed by atoms with Gasteiger partial charge in [0.1, 0.15) is 0 Å². The molecule has 2 atom stereocenters. The molecule has 0 N–H and O–H groups in total. The van der Waals surface area contributed by atoms with Crippen LogP contribution in [0.25, 0.3) is 5.57 Å². The summed E-state index contributed by atoms with van der Waals surface area (Å²) in [7, 11) is 2.19. The van der Waals surface area contributed by atoms with E-state index in [1.807, 2.05) is 12.1 Å². The first-order chi connectivity index (χ1) is 8.65. The van der Waals surface area contributed by atoms with Crippen LogP contribution >= 0.6 is 0 Å². The van der Waals surface area contributed by atoms with Crippen molar-refractivity contribution in [3.63, 3.8) is 0 Å². The Labute approximate surface area is 106 Å². The van der Waals surface area contributed by atoms with Crippen LogP contribution in [0.2, 0.25) is 0 Å². The largest absolute Gasteiger partial charge is 0.297 e. The molecule has 0 saturated carbocycles. The minimum atomic E-state index is -0.351. The van der Waals surface area contributed by atoms with E-state index in [4.69, 9.17) is 0 Å². The van der Waals surface area contributed by atoms with Gasteiger partial charge in [-0.3, -0.25) is 15.0 Å². The summed E-state index contributed by atoms with van der Waals surface area (Å²) in [6, 6.07) is 8.12. The van der Waals surface area contributed by atoms with E-state index in [0.717, 1.165) is 12.0 Å². The molecule has 1 aromatic rings. The van der Waals surface area contributed by atoms with E-state index in [1.54, 1.807) is 12.1 Å². The first-order valence-electron chi connectivity index (χ1n) is 6.32. The number of fused-ring (bicyclic) bond motifs is 2. The van der Waals surface area contributed by atoms with Crippen molar-refractivity contribution in [1.29, 1.82) is 0 Å². The van der Waals surface area contributed by atoms with Crippen molar-refractivity contribution < 1.29 is 4.92 Å². The Hall–Kier alpha value is -1.68. The average molecular weight is 244 g/mol. The Morgan fingerprint density at radius 1 is 1.28 bits per heavy atom. The smallest absolute Gasteiger partial charge is 0.269 e. The summed E-state index contributed by atoms with van der Waals surface area (Å²) in [5.74, 6) is 0. The average Bonchev–Trinajstić information content (AvgIpc) is 2.62.